The first-order valence-electron chi connectivity index (χ1n) is 9.60. The number of benzene rings is 3. The molecule has 0 radical (unpaired) electrons. The molecule has 0 saturated carbocycles. The highest BCUT2D eigenvalue weighted by Crippen LogP contribution is 2.46. The average Bonchev–Trinajstić information content (AvgIpc) is 2.83. The SMILES string of the molecule is Cc1c(N=[N+]=N)c(NS(=O)(=O)c2ccccc2)c(C)c(N=[N+]=N)c1NS(=O)(=O)c1ccccc1. The predicted octanol–water partition coefficient (Wildman–Crippen LogP) is 4.27. The highest BCUT2D eigenvalue weighted by molar-refractivity contribution is 7.93. The van der Waals surface area contributed by atoms with Crippen LogP contribution < -0.4 is 19.3 Å². The van der Waals surface area contributed by atoms with Crippen molar-refractivity contribution in [2.45, 2.75) is 23.6 Å². The van der Waals surface area contributed by atoms with E-state index < -0.39 is 20.0 Å². The Hall–Kier alpha value is -4.22. The molecule has 12 nitrogen and oxygen atoms in total. The quantitative estimate of drug-likeness (QED) is 0.265. The monoisotopic (exact) mass is 500 g/mol. The number of hydrogen-bond donors (Lipinski definition) is 4. The van der Waals surface area contributed by atoms with Crippen LogP contribution in [0.2, 0.25) is 0 Å². The number of hydrogen-bond acceptors (Lipinski definition) is 8. The Labute approximate surface area is 195 Å². The van der Waals surface area contributed by atoms with Crippen LogP contribution in [0.25, 0.3) is 0 Å². The van der Waals surface area contributed by atoms with Crippen LogP contribution in [0.1, 0.15) is 11.1 Å². The molecule has 0 atom stereocenters. The fourth-order valence-electron chi connectivity index (χ4n) is 3.15. The van der Waals surface area contributed by atoms with Crippen LogP contribution in [0.15, 0.2) is 80.7 Å². The molecule has 0 aliphatic rings. The fraction of sp³-hybridized carbons (Fsp3) is 0.100. The molecule has 0 spiro atoms. The summed E-state index contributed by atoms with van der Waals surface area (Å²) in [6.07, 6.45) is 0. The molecule has 3 rings (SSSR count). The first kappa shape index (κ1) is 24.4. The number of nitrogens with one attached hydrogen (secondary N) is 4. The van der Waals surface area contributed by atoms with E-state index in [1.807, 2.05) is 0 Å². The van der Waals surface area contributed by atoms with Crippen molar-refractivity contribution in [1.29, 1.82) is 11.1 Å². The van der Waals surface area contributed by atoms with Crippen molar-refractivity contribution in [3.05, 3.63) is 71.8 Å². The highest BCUT2D eigenvalue weighted by atomic mass is 32.2. The molecule has 0 aromatic heterocycles. The third-order valence-electron chi connectivity index (χ3n) is 4.81. The van der Waals surface area contributed by atoms with Crippen molar-refractivity contribution < 1.29 is 16.8 Å². The summed E-state index contributed by atoms with van der Waals surface area (Å²) in [5.74, 6) is 0. The highest BCUT2D eigenvalue weighted by Gasteiger charge is 2.30. The van der Waals surface area contributed by atoms with Crippen molar-refractivity contribution in [3.63, 3.8) is 0 Å². The van der Waals surface area contributed by atoms with E-state index in [0.717, 1.165) is 0 Å². The second-order valence-electron chi connectivity index (χ2n) is 6.93. The van der Waals surface area contributed by atoms with E-state index >= 15 is 0 Å². The van der Waals surface area contributed by atoms with Gasteiger partial charge in [-0.2, -0.15) is 0 Å². The van der Waals surface area contributed by atoms with Crippen molar-refractivity contribution >= 4 is 42.8 Å². The van der Waals surface area contributed by atoms with E-state index in [-0.39, 0.29) is 43.7 Å². The Morgan fingerprint density at radius 1 is 0.647 bits per heavy atom. The Kier molecular flexibility index (Phi) is 6.99. The van der Waals surface area contributed by atoms with E-state index in [9.17, 15) is 16.8 Å². The van der Waals surface area contributed by atoms with Crippen LogP contribution in [0.3, 0.4) is 0 Å². The van der Waals surface area contributed by atoms with E-state index in [4.69, 9.17) is 11.1 Å². The molecule has 0 fully saturated rings. The van der Waals surface area contributed by atoms with Gasteiger partial charge in [0, 0.05) is 11.1 Å². The normalized spacial score (nSPS) is 11.1. The maximum atomic E-state index is 13.0. The molecule has 0 aliphatic carbocycles. The summed E-state index contributed by atoms with van der Waals surface area (Å²) < 4.78 is 56.7. The lowest BCUT2D eigenvalue weighted by Crippen LogP contribution is -2.17. The summed E-state index contributed by atoms with van der Waals surface area (Å²) in [4.78, 5) is 5.97. The van der Waals surface area contributed by atoms with Gasteiger partial charge in [-0.25, -0.2) is 16.8 Å². The predicted molar refractivity (Wildman–Crippen MR) is 124 cm³/mol. The zero-order valence-electron chi connectivity index (χ0n) is 18.0. The number of anilines is 2. The molecule has 14 heteroatoms. The maximum absolute atomic E-state index is 13.0. The Morgan fingerprint density at radius 2 is 0.971 bits per heavy atom. The lowest BCUT2D eigenvalue weighted by Gasteiger charge is -2.18. The molecule has 0 aliphatic heterocycles. The first-order chi connectivity index (χ1) is 16.1. The summed E-state index contributed by atoms with van der Waals surface area (Å²) in [5.41, 5.74) is 14.3. The molecule has 174 valence electrons. The van der Waals surface area contributed by atoms with Crippen molar-refractivity contribution in [3.8, 4) is 0 Å². The Bertz CT molecular complexity index is 1430. The van der Waals surface area contributed by atoms with E-state index in [2.05, 4.69) is 29.5 Å². The van der Waals surface area contributed by atoms with Gasteiger partial charge in [-0.15, -0.1) is 0 Å². The lowest BCUT2D eigenvalue weighted by molar-refractivity contribution is 0.599. The Balaban J connectivity index is 2.26. The zero-order valence-corrected chi connectivity index (χ0v) is 19.6. The zero-order chi connectivity index (χ0) is 24.9. The van der Waals surface area contributed by atoms with Crippen LogP contribution in [0.5, 0.6) is 0 Å². The van der Waals surface area contributed by atoms with Crippen LogP contribution in [0.4, 0.5) is 22.7 Å². The van der Waals surface area contributed by atoms with Gasteiger partial charge in [0.2, 0.25) is 9.82 Å². The third kappa shape index (κ3) is 4.90. The molecule has 3 aromatic rings. The molecule has 0 bridgehead atoms. The molecule has 0 amide bonds. The smallest absolute Gasteiger partial charge is 0.261 e. The van der Waals surface area contributed by atoms with E-state index in [1.165, 1.54) is 38.1 Å². The van der Waals surface area contributed by atoms with Crippen molar-refractivity contribution in [2.24, 2.45) is 10.2 Å². The molecular formula is C20H20N8O4S2+2. The standard InChI is InChI=1S/C20H19N8O4S2/c1-13-17(23-27-21)20(26-34(31,32)16-11-7-4-8-12-16)14(2)18(24-28-22)19(13)25-33(29,30)15-9-5-3-6-10-15/h3-12,21H,1-2H3,(H2,22,24,26)/q+1/p+1. The Morgan fingerprint density at radius 3 is 1.26 bits per heavy atom. The van der Waals surface area contributed by atoms with Gasteiger partial charge in [0.15, 0.2) is 21.6 Å². The second kappa shape index (κ2) is 9.73. The summed E-state index contributed by atoms with van der Waals surface area (Å²) in [5, 5.41) is 7.44. The molecular weight excluding hydrogens is 480 g/mol. The average molecular weight is 501 g/mol. The molecule has 0 heterocycles. The van der Waals surface area contributed by atoms with Crippen molar-refractivity contribution in [1.82, 2.24) is 9.82 Å². The summed E-state index contributed by atoms with van der Waals surface area (Å²) in [7, 11) is -8.17. The first-order valence-corrected chi connectivity index (χ1v) is 12.6. The number of sulfonamides is 2. The molecule has 4 N–H and O–H groups in total. The van der Waals surface area contributed by atoms with Gasteiger partial charge in [-0.3, -0.25) is 9.44 Å². The lowest BCUT2D eigenvalue weighted by atomic mass is 10.0. The van der Waals surface area contributed by atoms with Gasteiger partial charge in [-0.05, 0) is 38.1 Å². The minimum Gasteiger partial charge on any atom is -0.277 e. The fourth-order valence-corrected chi connectivity index (χ4v) is 5.46. The van der Waals surface area contributed by atoms with Gasteiger partial charge in [-0.1, -0.05) is 36.4 Å². The van der Waals surface area contributed by atoms with Crippen LogP contribution in [-0.2, 0) is 20.0 Å². The largest absolute Gasteiger partial charge is 0.277 e. The maximum Gasteiger partial charge on any atom is 0.261 e. The molecule has 3 aromatic carbocycles. The minimum atomic E-state index is -4.09. The van der Waals surface area contributed by atoms with Gasteiger partial charge < -0.3 is 0 Å². The topological polar surface area (TPSA) is 193 Å². The minimum absolute atomic E-state index is 0.0293. The second-order valence-corrected chi connectivity index (χ2v) is 10.3. The summed E-state index contributed by atoms with van der Waals surface area (Å²) in [6.45, 7) is 2.91. The van der Waals surface area contributed by atoms with Gasteiger partial charge in [0.1, 0.15) is 11.1 Å². The third-order valence-corrected chi connectivity index (χ3v) is 7.55. The molecule has 0 saturated heterocycles. The van der Waals surface area contributed by atoms with Crippen LogP contribution in [-0.4, -0.2) is 16.8 Å². The number of nitrogens with zero attached hydrogens (tertiary/aromatic N) is 4. The van der Waals surface area contributed by atoms with Gasteiger partial charge in [0.05, 0.1) is 21.2 Å². The van der Waals surface area contributed by atoms with Crippen LogP contribution in [0, 0.1) is 24.9 Å². The molecule has 34 heavy (non-hydrogen) atoms. The van der Waals surface area contributed by atoms with Gasteiger partial charge >= 0.3 is 0 Å². The van der Waals surface area contributed by atoms with Gasteiger partial charge in [0.25, 0.3) is 20.0 Å². The summed E-state index contributed by atoms with van der Waals surface area (Å²) in [6, 6.07) is 15.1. The summed E-state index contributed by atoms with van der Waals surface area (Å²) >= 11 is 0. The van der Waals surface area contributed by atoms with Crippen molar-refractivity contribution in [2.75, 3.05) is 9.44 Å². The number of rotatable bonds is 8. The van der Waals surface area contributed by atoms with Crippen LogP contribution >= 0.6 is 0 Å². The van der Waals surface area contributed by atoms with E-state index in [1.54, 1.807) is 36.4 Å². The molecule has 0 unspecified atom stereocenters. The van der Waals surface area contributed by atoms with E-state index in [0.29, 0.717) is 0 Å².